The van der Waals surface area contributed by atoms with Gasteiger partial charge in [-0.25, -0.2) is 4.39 Å². The Morgan fingerprint density at radius 2 is 1.80 bits per heavy atom. The van der Waals surface area contributed by atoms with Crippen molar-refractivity contribution in [3.05, 3.63) is 103 Å². The van der Waals surface area contributed by atoms with Crippen LogP contribution < -0.4 is 25.4 Å². The number of amides is 1. The minimum absolute atomic E-state index is 0.0623. The predicted octanol–water partition coefficient (Wildman–Crippen LogP) is 7.33. The number of thiocarbonyl (C=S) groups is 1. The quantitative estimate of drug-likeness (QED) is 0.148. The summed E-state index contributed by atoms with van der Waals surface area (Å²) in [5.41, 5.74) is 3.07. The van der Waals surface area contributed by atoms with E-state index >= 15 is 4.39 Å². The van der Waals surface area contributed by atoms with E-state index in [0.717, 1.165) is 64.5 Å². The lowest BCUT2D eigenvalue weighted by Crippen LogP contribution is -2.35. The first kappa shape index (κ1) is 29.7. The zero-order valence-electron chi connectivity index (χ0n) is 23.8. The SMILES string of the molecule is O=C(Cc1ccccc1)NC(=S)Nc1ccc(Oc2ccnc3cc(-c4ccc(OCC5CCNCC5)cc4)sc23)c(F)c1. The van der Waals surface area contributed by atoms with E-state index in [0.29, 0.717) is 17.4 Å². The molecule has 3 heterocycles. The van der Waals surface area contributed by atoms with Gasteiger partial charge in [0.1, 0.15) is 11.5 Å². The van der Waals surface area contributed by atoms with Gasteiger partial charge in [0, 0.05) is 28.9 Å². The van der Waals surface area contributed by atoms with E-state index in [-0.39, 0.29) is 23.2 Å². The van der Waals surface area contributed by atoms with Crippen LogP contribution in [-0.2, 0) is 11.2 Å². The summed E-state index contributed by atoms with van der Waals surface area (Å²) in [6, 6.07) is 25.6. The van der Waals surface area contributed by atoms with E-state index in [1.165, 1.54) is 23.5 Å². The summed E-state index contributed by atoms with van der Waals surface area (Å²) in [4.78, 5) is 17.8. The number of carbonyl (C=O) groups excluding carboxylic acids is 1. The van der Waals surface area contributed by atoms with Gasteiger partial charge < -0.3 is 25.4 Å². The summed E-state index contributed by atoms with van der Waals surface area (Å²) < 4.78 is 28.0. The Kier molecular flexibility index (Phi) is 9.40. The first-order chi connectivity index (χ1) is 21.5. The van der Waals surface area contributed by atoms with Crippen molar-refractivity contribution in [2.24, 2.45) is 5.92 Å². The van der Waals surface area contributed by atoms with E-state index in [1.807, 2.05) is 60.7 Å². The van der Waals surface area contributed by atoms with Gasteiger partial charge in [-0.2, -0.15) is 0 Å². The summed E-state index contributed by atoms with van der Waals surface area (Å²) in [5.74, 6) is 1.19. The minimum Gasteiger partial charge on any atom is -0.493 e. The van der Waals surface area contributed by atoms with Crippen LogP contribution in [0.1, 0.15) is 18.4 Å². The number of thiophene rings is 1. The number of hydrogen-bond acceptors (Lipinski definition) is 7. The summed E-state index contributed by atoms with van der Waals surface area (Å²) >= 11 is 6.78. The molecule has 2 aromatic heterocycles. The molecule has 224 valence electrons. The van der Waals surface area contributed by atoms with Crippen LogP contribution in [0.3, 0.4) is 0 Å². The van der Waals surface area contributed by atoms with Crippen LogP contribution in [0.25, 0.3) is 20.7 Å². The number of fused-ring (bicyclic) bond motifs is 1. The highest BCUT2D eigenvalue weighted by molar-refractivity contribution is 7.80. The molecule has 0 unspecified atom stereocenters. The molecule has 0 radical (unpaired) electrons. The van der Waals surface area contributed by atoms with Gasteiger partial charge in [0.05, 0.1) is 23.2 Å². The number of hydrogen-bond donors (Lipinski definition) is 3. The molecule has 5 aromatic rings. The molecule has 10 heteroatoms. The van der Waals surface area contributed by atoms with Gasteiger partial charge in [-0.3, -0.25) is 9.78 Å². The summed E-state index contributed by atoms with van der Waals surface area (Å²) in [6.45, 7) is 2.85. The van der Waals surface area contributed by atoms with E-state index in [9.17, 15) is 4.79 Å². The van der Waals surface area contributed by atoms with Gasteiger partial charge >= 0.3 is 0 Å². The normalized spacial score (nSPS) is 13.4. The number of ether oxygens (including phenoxy) is 2. The molecule has 3 aromatic carbocycles. The summed E-state index contributed by atoms with van der Waals surface area (Å²) in [6.07, 6.45) is 4.13. The number of anilines is 1. The largest absolute Gasteiger partial charge is 0.493 e. The van der Waals surface area contributed by atoms with Gasteiger partial charge in [-0.1, -0.05) is 30.3 Å². The highest BCUT2D eigenvalue weighted by Crippen LogP contribution is 2.40. The summed E-state index contributed by atoms with van der Waals surface area (Å²) in [7, 11) is 0. The van der Waals surface area contributed by atoms with Gasteiger partial charge in [0.15, 0.2) is 16.7 Å². The first-order valence-corrected chi connectivity index (χ1v) is 15.7. The number of carbonyl (C=O) groups is 1. The third kappa shape index (κ3) is 7.57. The number of rotatable bonds is 9. The van der Waals surface area contributed by atoms with Crippen molar-refractivity contribution >= 4 is 50.5 Å². The van der Waals surface area contributed by atoms with Crippen LogP contribution in [0.5, 0.6) is 17.2 Å². The zero-order valence-corrected chi connectivity index (χ0v) is 25.5. The molecule has 0 aliphatic carbocycles. The second kappa shape index (κ2) is 13.9. The average Bonchev–Trinajstić information content (AvgIpc) is 3.48. The smallest absolute Gasteiger partial charge is 0.230 e. The molecule has 3 N–H and O–H groups in total. The van der Waals surface area contributed by atoms with E-state index in [1.54, 1.807) is 18.3 Å². The molecule has 0 bridgehead atoms. The van der Waals surface area contributed by atoms with Crippen molar-refractivity contribution in [3.8, 4) is 27.7 Å². The number of halogens is 1. The Balaban J connectivity index is 1.08. The highest BCUT2D eigenvalue weighted by atomic mass is 32.1. The Bertz CT molecular complexity index is 1760. The van der Waals surface area contributed by atoms with Crippen molar-refractivity contribution in [2.45, 2.75) is 19.3 Å². The topological polar surface area (TPSA) is 84.5 Å². The molecule has 1 aliphatic rings. The fraction of sp³-hybridized carbons (Fsp3) is 0.206. The maximum atomic E-state index is 15.1. The number of benzene rings is 3. The van der Waals surface area contributed by atoms with Gasteiger partial charge in [-0.15, -0.1) is 11.3 Å². The molecule has 1 saturated heterocycles. The molecule has 44 heavy (non-hydrogen) atoms. The van der Waals surface area contributed by atoms with E-state index < -0.39 is 5.82 Å². The molecule has 1 fully saturated rings. The average molecular weight is 627 g/mol. The summed E-state index contributed by atoms with van der Waals surface area (Å²) in [5, 5.41) is 8.95. The van der Waals surface area contributed by atoms with Crippen LogP contribution in [0.4, 0.5) is 10.1 Å². The van der Waals surface area contributed by atoms with E-state index in [4.69, 9.17) is 21.7 Å². The molecule has 0 saturated carbocycles. The van der Waals surface area contributed by atoms with Gasteiger partial charge in [0.2, 0.25) is 5.91 Å². The molecule has 7 nitrogen and oxygen atoms in total. The Labute approximate surface area is 264 Å². The molecule has 6 rings (SSSR count). The molecule has 1 amide bonds. The second-order valence-corrected chi connectivity index (χ2v) is 12.0. The number of pyridine rings is 1. The Morgan fingerprint density at radius 3 is 2.57 bits per heavy atom. The van der Waals surface area contributed by atoms with Crippen LogP contribution in [-0.4, -0.2) is 35.7 Å². The predicted molar refractivity (Wildman–Crippen MR) is 177 cm³/mol. The van der Waals surface area contributed by atoms with Crippen LogP contribution in [0.2, 0.25) is 0 Å². The number of nitrogens with zero attached hydrogens (tertiary/aromatic N) is 1. The lowest BCUT2D eigenvalue weighted by Gasteiger charge is -2.22. The van der Waals surface area contributed by atoms with Crippen molar-refractivity contribution in [1.82, 2.24) is 15.6 Å². The first-order valence-electron chi connectivity index (χ1n) is 14.4. The van der Waals surface area contributed by atoms with Gasteiger partial charge in [0.25, 0.3) is 0 Å². The van der Waals surface area contributed by atoms with Crippen LogP contribution in [0, 0.1) is 11.7 Å². The molecule has 0 spiro atoms. The van der Waals surface area contributed by atoms with Crippen molar-refractivity contribution < 1.29 is 18.7 Å². The lowest BCUT2D eigenvalue weighted by atomic mass is 9.99. The third-order valence-electron chi connectivity index (χ3n) is 7.33. The Morgan fingerprint density at radius 1 is 1.00 bits per heavy atom. The standard InChI is InChI=1S/C34H31FN4O3S2/c35-27-19-25(38-34(43)39-32(40)18-22-4-2-1-3-5-22)8-11-29(27)42-30-14-17-37-28-20-31(44-33(28)30)24-6-9-26(10-7-24)41-21-23-12-15-36-16-13-23/h1-11,14,17,19-20,23,36H,12-13,15-16,18,21H2,(H2,38,39,40,43). The molecule has 0 atom stereocenters. The number of nitrogens with one attached hydrogen (secondary N) is 3. The maximum Gasteiger partial charge on any atom is 0.230 e. The second-order valence-electron chi connectivity index (χ2n) is 10.6. The molecule has 1 aliphatic heterocycles. The zero-order chi connectivity index (χ0) is 30.3. The third-order valence-corrected chi connectivity index (χ3v) is 8.72. The fourth-order valence-corrected chi connectivity index (χ4v) is 6.31. The van der Waals surface area contributed by atoms with Crippen molar-refractivity contribution in [2.75, 3.05) is 25.0 Å². The number of aromatic nitrogens is 1. The fourth-order valence-electron chi connectivity index (χ4n) is 5.01. The maximum absolute atomic E-state index is 15.1. The van der Waals surface area contributed by atoms with E-state index in [2.05, 4.69) is 20.9 Å². The van der Waals surface area contributed by atoms with Gasteiger partial charge in [-0.05, 0) is 97.7 Å². The minimum atomic E-state index is -0.574. The Hall–Kier alpha value is -4.38. The highest BCUT2D eigenvalue weighted by Gasteiger charge is 2.16. The van der Waals surface area contributed by atoms with Crippen molar-refractivity contribution in [1.29, 1.82) is 0 Å². The molecular formula is C34H31FN4O3S2. The number of piperidine rings is 1. The van der Waals surface area contributed by atoms with Crippen molar-refractivity contribution in [3.63, 3.8) is 0 Å². The molecular weight excluding hydrogens is 596 g/mol. The lowest BCUT2D eigenvalue weighted by molar-refractivity contribution is -0.119. The van der Waals surface area contributed by atoms with Crippen LogP contribution in [0.15, 0.2) is 91.1 Å². The monoisotopic (exact) mass is 626 g/mol. The van der Waals surface area contributed by atoms with Crippen LogP contribution >= 0.6 is 23.6 Å².